The van der Waals surface area contributed by atoms with Gasteiger partial charge in [-0.05, 0) is 37.3 Å². The molecular weight excluding hydrogens is 312 g/mol. The standard InChI is InChI=1S/C17H22N2O3S/c1-11-13(12(2)22-18-11)4-5-17(20)19(3)10-15-14-7-9-23-16(14)6-8-21-15/h7,9,15H,4-6,8,10H2,1-3H3. The highest BCUT2D eigenvalue weighted by atomic mass is 32.1. The smallest absolute Gasteiger partial charge is 0.222 e. The first kappa shape index (κ1) is 16.2. The van der Waals surface area contributed by atoms with E-state index in [1.165, 1.54) is 10.4 Å². The van der Waals surface area contributed by atoms with Crippen LogP contribution in [0.15, 0.2) is 16.0 Å². The molecule has 3 heterocycles. The molecule has 5 nitrogen and oxygen atoms in total. The van der Waals surface area contributed by atoms with Crippen molar-refractivity contribution in [2.24, 2.45) is 0 Å². The molecule has 0 fully saturated rings. The van der Waals surface area contributed by atoms with Crippen LogP contribution in [0.2, 0.25) is 0 Å². The molecule has 0 saturated heterocycles. The summed E-state index contributed by atoms with van der Waals surface area (Å²) >= 11 is 1.78. The molecule has 124 valence electrons. The van der Waals surface area contributed by atoms with E-state index in [-0.39, 0.29) is 12.0 Å². The van der Waals surface area contributed by atoms with Crippen LogP contribution in [0.3, 0.4) is 0 Å². The van der Waals surface area contributed by atoms with Gasteiger partial charge in [0, 0.05) is 30.3 Å². The van der Waals surface area contributed by atoms with Crippen molar-refractivity contribution >= 4 is 17.2 Å². The van der Waals surface area contributed by atoms with Gasteiger partial charge in [-0.2, -0.15) is 0 Å². The molecule has 1 atom stereocenters. The van der Waals surface area contributed by atoms with Crippen LogP contribution in [-0.4, -0.2) is 36.2 Å². The highest BCUT2D eigenvalue weighted by Crippen LogP contribution is 2.31. The van der Waals surface area contributed by atoms with Crippen LogP contribution in [0, 0.1) is 13.8 Å². The van der Waals surface area contributed by atoms with Gasteiger partial charge in [0.25, 0.3) is 0 Å². The number of likely N-dealkylation sites (N-methyl/N-ethyl adjacent to an activating group) is 1. The molecule has 1 aliphatic heterocycles. The molecule has 0 saturated carbocycles. The maximum atomic E-state index is 12.4. The summed E-state index contributed by atoms with van der Waals surface area (Å²) in [6.45, 7) is 5.13. The Balaban J connectivity index is 1.57. The van der Waals surface area contributed by atoms with E-state index in [1.54, 1.807) is 16.2 Å². The number of rotatable bonds is 5. The van der Waals surface area contributed by atoms with Crippen molar-refractivity contribution in [3.63, 3.8) is 0 Å². The van der Waals surface area contributed by atoms with Crippen molar-refractivity contribution in [2.45, 2.75) is 39.2 Å². The third kappa shape index (κ3) is 3.48. The van der Waals surface area contributed by atoms with Crippen LogP contribution in [0.1, 0.15) is 40.0 Å². The van der Waals surface area contributed by atoms with Gasteiger partial charge in [0.05, 0.1) is 18.8 Å². The van der Waals surface area contributed by atoms with Crippen molar-refractivity contribution in [2.75, 3.05) is 20.2 Å². The quantitative estimate of drug-likeness (QED) is 0.843. The number of amides is 1. The second kappa shape index (κ2) is 6.84. The number of ether oxygens (including phenoxy) is 1. The molecule has 1 unspecified atom stereocenters. The molecule has 23 heavy (non-hydrogen) atoms. The van der Waals surface area contributed by atoms with E-state index >= 15 is 0 Å². The molecule has 0 N–H and O–H groups in total. The number of hydrogen-bond donors (Lipinski definition) is 0. The van der Waals surface area contributed by atoms with Crippen molar-refractivity contribution in [1.29, 1.82) is 0 Å². The number of carbonyl (C=O) groups excluding carboxylic acids is 1. The number of aryl methyl sites for hydroxylation is 2. The van der Waals surface area contributed by atoms with Gasteiger partial charge < -0.3 is 14.2 Å². The zero-order valence-corrected chi connectivity index (χ0v) is 14.6. The summed E-state index contributed by atoms with van der Waals surface area (Å²) in [4.78, 5) is 15.6. The molecule has 0 radical (unpaired) electrons. The Bertz CT molecular complexity index is 672. The molecule has 1 aliphatic rings. The first-order chi connectivity index (χ1) is 11.1. The lowest BCUT2D eigenvalue weighted by Crippen LogP contribution is -2.33. The molecule has 0 spiro atoms. The van der Waals surface area contributed by atoms with Crippen LogP contribution in [0.5, 0.6) is 0 Å². The van der Waals surface area contributed by atoms with Gasteiger partial charge in [-0.1, -0.05) is 5.16 Å². The fraction of sp³-hybridized carbons (Fsp3) is 0.529. The normalized spacial score (nSPS) is 17.1. The van der Waals surface area contributed by atoms with Gasteiger partial charge in [0.2, 0.25) is 5.91 Å². The Morgan fingerprint density at radius 1 is 1.48 bits per heavy atom. The molecule has 2 aromatic rings. The first-order valence-corrected chi connectivity index (χ1v) is 8.77. The number of thiophene rings is 1. The van der Waals surface area contributed by atoms with Gasteiger partial charge in [-0.25, -0.2) is 0 Å². The second-order valence-electron chi connectivity index (χ2n) is 5.99. The van der Waals surface area contributed by atoms with Crippen LogP contribution >= 0.6 is 11.3 Å². The molecule has 3 rings (SSSR count). The van der Waals surface area contributed by atoms with E-state index in [4.69, 9.17) is 9.26 Å². The summed E-state index contributed by atoms with van der Waals surface area (Å²) in [5, 5.41) is 6.04. The number of nitrogens with zero attached hydrogens (tertiary/aromatic N) is 2. The minimum absolute atomic E-state index is 0.00184. The van der Waals surface area contributed by atoms with Gasteiger partial charge >= 0.3 is 0 Å². The first-order valence-electron chi connectivity index (χ1n) is 7.90. The Morgan fingerprint density at radius 3 is 3.04 bits per heavy atom. The van der Waals surface area contributed by atoms with Crippen molar-refractivity contribution < 1.29 is 14.1 Å². The lowest BCUT2D eigenvalue weighted by atomic mass is 10.1. The predicted octanol–water partition coefficient (Wildman–Crippen LogP) is 3.06. The molecule has 0 aromatic carbocycles. The van der Waals surface area contributed by atoms with E-state index in [1.807, 2.05) is 20.9 Å². The van der Waals surface area contributed by atoms with Crippen molar-refractivity contribution in [3.05, 3.63) is 38.9 Å². The average Bonchev–Trinajstić information content (AvgIpc) is 3.13. The maximum Gasteiger partial charge on any atom is 0.222 e. The van der Waals surface area contributed by atoms with Gasteiger partial charge in [-0.3, -0.25) is 4.79 Å². The summed E-state index contributed by atoms with van der Waals surface area (Å²) < 4.78 is 11.0. The zero-order valence-electron chi connectivity index (χ0n) is 13.8. The summed E-state index contributed by atoms with van der Waals surface area (Å²) in [5.74, 6) is 0.924. The summed E-state index contributed by atoms with van der Waals surface area (Å²) in [6, 6.07) is 2.12. The Hall–Kier alpha value is -1.66. The van der Waals surface area contributed by atoms with Crippen molar-refractivity contribution in [3.8, 4) is 0 Å². The Morgan fingerprint density at radius 2 is 2.30 bits per heavy atom. The summed E-state index contributed by atoms with van der Waals surface area (Å²) in [7, 11) is 1.85. The fourth-order valence-corrected chi connectivity index (χ4v) is 3.92. The molecule has 0 bridgehead atoms. The van der Waals surface area contributed by atoms with Gasteiger partial charge in [0.1, 0.15) is 11.9 Å². The predicted molar refractivity (Wildman–Crippen MR) is 88.7 cm³/mol. The molecule has 0 aliphatic carbocycles. The number of hydrogen-bond acceptors (Lipinski definition) is 5. The van der Waals surface area contributed by atoms with Gasteiger partial charge in [0.15, 0.2) is 0 Å². The highest BCUT2D eigenvalue weighted by Gasteiger charge is 2.24. The van der Waals surface area contributed by atoms with Crippen molar-refractivity contribution in [1.82, 2.24) is 10.1 Å². The third-order valence-corrected chi connectivity index (χ3v) is 5.41. The SMILES string of the molecule is Cc1noc(C)c1CCC(=O)N(C)CC1OCCc2sccc21. The average molecular weight is 334 g/mol. The number of aromatic nitrogens is 1. The van der Waals surface area contributed by atoms with E-state index in [0.717, 1.165) is 30.0 Å². The molecule has 6 heteroatoms. The van der Waals surface area contributed by atoms with Gasteiger partial charge in [-0.15, -0.1) is 11.3 Å². The van der Waals surface area contributed by atoms with E-state index in [9.17, 15) is 4.79 Å². The molecule has 2 aromatic heterocycles. The lowest BCUT2D eigenvalue weighted by molar-refractivity contribution is -0.131. The lowest BCUT2D eigenvalue weighted by Gasteiger charge is -2.28. The second-order valence-corrected chi connectivity index (χ2v) is 6.99. The van der Waals surface area contributed by atoms with E-state index in [2.05, 4.69) is 16.6 Å². The number of carbonyl (C=O) groups is 1. The molecule has 1 amide bonds. The Kier molecular flexibility index (Phi) is 4.82. The van der Waals surface area contributed by atoms with Crippen LogP contribution in [0.4, 0.5) is 0 Å². The topological polar surface area (TPSA) is 55.6 Å². The van der Waals surface area contributed by atoms with E-state index < -0.39 is 0 Å². The highest BCUT2D eigenvalue weighted by molar-refractivity contribution is 7.10. The monoisotopic (exact) mass is 334 g/mol. The summed E-state index contributed by atoms with van der Waals surface area (Å²) in [5.41, 5.74) is 3.16. The molecular formula is C17H22N2O3S. The zero-order chi connectivity index (χ0) is 16.4. The minimum atomic E-state index is -0.00184. The maximum absolute atomic E-state index is 12.4. The third-order valence-electron chi connectivity index (χ3n) is 4.41. The van der Waals surface area contributed by atoms with Crippen LogP contribution in [0.25, 0.3) is 0 Å². The number of fused-ring (bicyclic) bond motifs is 1. The summed E-state index contributed by atoms with van der Waals surface area (Å²) in [6.07, 6.45) is 2.10. The largest absolute Gasteiger partial charge is 0.371 e. The fourth-order valence-electron chi connectivity index (χ4n) is 3.01. The van der Waals surface area contributed by atoms with Crippen LogP contribution < -0.4 is 0 Å². The minimum Gasteiger partial charge on any atom is -0.371 e. The van der Waals surface area contributed by atoms with Crippen LogP contribution in [-0.2, 0) is 22.4 Å². The van der Waals surface area contributed by atoms with E-state index in [0.29, 0.717) is 19.4 Å². The Labute approximate surface area is 140 Å².